The second kappa shape index (κ2) is 6.85. The summed E-state index contributed by atoms with van der Waals surface area (Å²) in [7, 11) is -3.37. The summed E-state index contributed by atoms with van der Waals surface area (Å²) >= 11 is 0. The van der Waals surface area contributed by atoms with E-state index in [4.69, 9.17) is 9.84 Å². The Morgan fingerprint density at radius 1 is 1.42 bits per heavy atom. The molecule has 0 aromatic rings. The van der Waals surface area contributed by atoms with Crippen molar-refractivity contribution >= 4 is 21.7 Å². The molecule has 0 aromatic heterocycles. The van der Waals surface area contributed by atoms with Crippen molar-refractivity contribution < 1.29 is 27.9 Å². The van der Waals surface area contributed by atoms with Gasteiger partial charge in [0.1, 0.15) is 5.75 Å². The number of sulfone groups is 1. The number of hydrogen-bond acceptors (Lipinski definition) is 5. The number of morpholine rings is 1. The minimum atomic E-state index is -3.37. The van der Waals surface area contributed by atoms with E-state index in [1.165, 1.54) is 4.90 Å². The molecule has 0 saturated carbocycles. The molecule has 0 aromatic carbocycles. The molecule has 110 valence electrons. The van der Waals surface area contributed by atoms with Crippen molar-refractivity contribution in [1.82, 2.24) is 4.90 Å². The second-order valence-corrected chi connectivity index (χ2v) is 6.71. The monoisotopic (exact) mass is 293 g/mol. The van der Waals surface area contributed by atoms with E-state index in [0.29, 0.717) is 13.0 Å². The van der Waals surface area contributed by atoms with E-state index >= 15 is 0 Å². The van der Waals surface area contributed by atoms with Crippen molar-refractivity contribution in [2.24, 2.45) is 0 Å². The molecule has 0 radical (unpaired) electrons. The molecule has 0 aliphatic carbocycles. The highest BCUT2D eigenvalue weighted by molar-refractivity contribution is 7.92. The SMILES string of the molecule is CCCS(=O)(=O)CC(=O)N1CCOC(CC(=O)O)C1. The Balaban J connectivity index is 2.55. The molecule has 1 N–H and O–H groups in total. The summed E-state index contributed by atoms with van der Waals surface area (Å²) in [5, 5.41) is 8.67. The van der Waals surface area contributed by atoms with Gasteiger partial charge in [0.05, 0.1) is 24.9 Å². The fourth-order valence-electron chi connectivity index (χ4n) is 1.93. The molecule has 1 unspecified atom stereocenters. The number of rotatable bonds is 6. The smallest absolute Gasteiger partial charge is 0.306 e. The molecule has 1 rings (SSSR count). The Morgan fingerprint density at radius 2 is 2.11 bits per heavy atom. The lowest BCUT2D eigenvalue weighted by atomic mass is 10.2. The summed E-state index contributed by atoms with van der Waals surface area (Å²) in [6, 6.07) is 0. The first-order valence-electron chi connectivity index (χ1n) is 6.15. The summed E-state index contributed by atoms with van der Waals surface area (Å²) in [6.45, 7) is 2.40. The predicted octanol–water partition coefficient (Wildman–Crippen LogP) is -0.487. The summed E-state index contributed by atoms with van der Waals surface area (Å²) in [6.07, 6.45) is -0.282. The van der Waals surface area contributed by atoms with Crippen LogP contribution in [0.25, 0.3) is 0 Å². The normalized spacial score (nSPS) is 20.3. The lowest BCUT2D eigenvalue weighted by molar-refractivity contribution is -0.146. The first-order valence-corrected chi connectivity index (χ1v) is 7.98. The Hall–Kier alpha value is -1.15. The Kier molecular flexibility index (Phi) is 5.74. The van der Waals surface area contributed by atoms with Gasteiger partial charge < -0.3 is 14.7 Å². The van der Waals surface area contributed by atoms with Crippen LogP contribution >= 0.6 is 0 Å². The topological polar surface area (TPSA) is 101 Å². The van der Waals surface area contributed by atoms with Crippen LogP contribution in [0.2, 0.25) is 0 Å². The van der Waals surface area contributed by atoms with Gasteiger partial charge >= 0.3 is 5.97 Å². The van der Waals surface area contributed by atoms with E-state index in [2.05, 4.69) is 0 Å². The highest BCUT2D eigenvalue weighted by Gasteiger charge is 2.28. The number of carbonyl (C=O) groups is 2. The molecule has 1 atom stereocenters. The molecular formula is C11H19NO6S. The van der Waals surface area contributed by atoms with Gasteiger partial charge in [-0.25, -0.2) is 8.42 Å². The highest BCUT2D eigenvalue weighted by atomic mass is 32.2. The van der Waals surface area contributed by atoms with E-state index in [-0.39, 0.29) is 25.3 Å². The third-order valence-corrected chi connectivity index (χ3v) is 4.47. The fourth-order valence-corrected chi connectivity index (χ4v) is 3.25. The zero-order valence-electron chi connectivity index (χ0n) is 10.9. The van der Waals surface area contributed by atoms with E-state index in [0.717, 1.165) is 0 Å². The van der Waals surface area contributed by atoms with Crippen molar-refractivity contribution in [2.75, 3.05) is 31.2 Å². The van der Waals surface area contributed by atoms with Crippen LogP contribution in [0.3, 0.4) is 0 Å². The molecule has 1 fully saturated rings. The largest absolute Gasteiger partial charge is 0.481 e. The van der Waals surface area contributed by atoms with Crippen molar-refractivity contribution in [2.45, 2.75) is 25.9 Å². The van der Waals surface area contributed by atoms with Crippen LogP contribution in [0.15, 0.2) is 0 Å². The van der Waals surface area contributed by atoms with E-state index < -0.39 is 33.6 Å². The average Bonchev–Trinajstić information content (AvgIpc) is 2.27. The summed E-state index contributed by atoms with van der Waals surface area (Å²) in [5.41, 5.74) is 0. The molecule has 7 nitrogen and oxygen atoms in total. The number of carbonyl (C=O) groups excluding carboxylic acids is 1. The standard InChI is InChI=1S/C11H19NO6S/c1-2-5-19(16,17)8-10(13)12-3-4-18-9(7-12)6-11(14)15/h9H,2-8H2,1H3,(H,14,15). The fraction of sp³-hybridized carbons (Fsp3) is 0.818. The van der Waals surface area contributed by atoms with Crippen molar-refractivity contribution in [3.8, 4) is 0 Å². The molecule has 19 heavy (non-hydrogen) atoms. The Bertz CT molecular complexity index is 432. The van der Waals surface area contributed by atoms with Gasteiger partial charge in [0.25, 0.3) is 0 Å². The minimum Gasteiger partial charge on any atom is -0.481 e. The second-order valence-electron chi connectivity index (χ2n) is 4.52. The van der Waals surface area contributed by atoms with Crippen molar-refractivity contribution in [3.63, 3.8) is 0 Å². The number of hydrogen-bond donors (Lipinski definition) is 1. The first-order chi connectivity index (χ1) is 8.84. The molecule has 0 spiro atoms. The average molecular weight is 293 g/mol. The summed E-state index contributed by atoms with van der Waals surface area (Å²) in [5.74, 6) is -2.01. The van der Waals surface area contributed by atoms with E-state index in [9.17, 15) is 18.0 Å². The predicted molar refractivity (Wildman–Crippen MR) is 67.5 cm³/mol. The first kappa shape index (κ1) is 15.9. The van der Waals surface area contributed by atoms with Gasteiger partial charge in [-0.15, -0.1) is 0 Å². The van der Waals surface area contributed by atoms with Crippen LogP contribution in [0, 0.1) is 0 Å². The van der Waals surface area contributed by atoms with Gasteiger partial charge in [0.2, 0.25) is 5.91 Å². The summed E-state index contributed by atoms with van der Waals surface area (Å²) < 4.78 is 28.4. The molecule has 1 amide bonds. The number of ether oxygens (including phenoxy) is 1. The van der Waals surface area contributed by atoms with Gasteiger partial charge in [-0.1, -0.05) is 6.92 Å². The highest BCUT2D eigenvalue weighted by Crippen LogP contribution is 2.10. The zero-order chi connectivity index (χ0) is 14.5. The third kappa shape index (κ3) is 5.56. The zero-order valence-corrected chi connectivity index (χ0v) is 11.7. The molecule has 1 saturated heterocycles. The summed E-state index contributed by atoms with van der Waals surface area (Å²) in [4.78, 5) is 23.8. The molecule has 1 aliphatic heterocycles. The van der Waals surface area contributed by atoms with Crippen molar-refractivity contribution in [1.29, 1.82) is 0 Å². The lowest BCUT2D eigenvalue weighted by Gasteiger charge is -2.32. The van der Waals surface area contributed by atoms with Crippen molar-refractivity contribution in [3.05, 3.63) is 0 Å². The molecule has 1 aliphatic rings. The van der Waals surface area contributed by atoms with Crippen LogP contribution in [-0.2, 0) is 24.2 Å². The molecule has 8 heteroatoms. The molecule has 1 heterocycles. The minimum absolute atomic E-state index is 0.0123. The van der Waals surface area contributed by atoms with Crippen LogP contribution in [0.4, 0.5) is 0 Å². The maximum atomic E-state index is 11.9. The lowest BCUT2D eigenvalue weighted by Crippen LogP contribution is -2.48. The maximum Gasteiger partial charge on any atom is 0.306 e. The van der Waals surface area contributed by atoms with Crippen LogP contribution in [-0.4, -0.2) is 67.6 Å². The molecular weight excluding hydrogens is 274 g/mol. The number of nitrogens with zero attached hydrogens (tertiary/aromatic N) is 1. The van der Waals surface area contributed by atoms with Crippen LogP contribution < -0.4 is 0 Å². The molecule has 0 bridgehead atoms. The van der Waals surface area contributed by atoms with Crippen LogP contribution in [0.1, 0.15) is 19.8 Å². The Labute approximate surface area is 112 Å². The maximum absolute atomic E-state index is 11.9. The van der Waals surface area contributed by atoms with Gasteiger partial charge in [-0.2, -0.15) is 0 Å². The van der Waals surface area contributed by atoms with Crippen LogP contribution in [0.5, 0.6) is 0 Å². The number of aliphatic carboxylic acids is 1. The van der Waals surface area contributed by atoms with Gasteiger partial charge in [-0.3, -0.25) is 9.59 Å². The van der Waals surface area contributed by atoms with E-state index in [1.807, 2.05) is 0 Å². The van der Waals surface area contributed by atoms with Gasteiger partial charge in [0, 0.05) is 13.1 Å². The Morgan fingerprint density at radius 3 is 2.68 bits per heavy atom. The van der Waals surface area contributed by atoms with Gasteiger partial charge in [-0.05, 0) is 6.42 Å². The van der Waals surface area contributed by atoms with Gasteiger partial charge in [0.15, 0.2) is 9.84 Å². The third-order valence-electron chi connectivity index (χ3n) is 2.75. The number of carboxylic acids is 1. The quantitative estimate of drug-likeness (QED) is 0.709. The number of carboxylic acid groups (broad SMARTS) is 1. The van der Waals surface area contributed by atoms with E-state index in [1.54, 1.807) is 6.92 Å². The number of amides is 1.